The molecule has 0 amide bonds. The van der Waals surface area contributed by atoms with Crippen molar-refractivity contribution in [2.24, 2.45) is 16.6 Å². The van der Waals surface area contributed by atoms with Crippen LogP contribution in [0.25, 0.3) is 10.9 Å². The molecule has 9 heteroatoms. The van der Waals surface area contributed by atoms with Gasteiger partial charge in [-0.05, 0) is 60.6 Å². The number of anilines is 2. The lowest BCUT2D eigenvalue weighted by molar-refractivity contribution is 0.377. The predicted octanol–water partition coefficient (Wildman–Crippen LogP) is 5.70. The van der Waals surface area contributed by atoms with E-state index in [0.29, 0.717) is 22.2 Å². The number of hydrogen-bond acceptors (Lipinski definition) is 6. The van der Waals surface area contributed by atoms with Gasteiger partial charge in [0.05, 0.1) is 5.54 Å². The third-order valence-electron chi connectivity index (χ3n) is 6.35. The molecule has 1 aromatic carbocycles. The van der Waals surface area contributed by atoms with Crippen LogP contribution in [-0.4, -0.2) is 19.9 Å². The molecule has 3 aromatic rings. The molecule has 160 valence electrons. The van der Waals surface area contributed by atoms with Gasteiger partial charge in [-0.3, -0.25) is 9.98 Å². The van der Waals surface area contributed by atoms with E-state index >= 15 is 4.39 Å². The summed E-state index contributed by atoms with van der Waals surface area (Å²) in [7, 11) is 0. The fraction of sp³-hybridized carbons (Fsp3) is 0.318. The van der Waals surface area contributed by atoms with E-state index in [1.807, 2.05) is 19.1 Å². The number of halogens is 3. The van der Waals surface area contributed by atoms with E-state index in [1.165, 1.54) is 0 Å². The van der Waals surface area contributed by atoms with E-state index in [0.717, 1.165) is 27.9 Å². The van der Waals surface area contributed by atoms with Crippen molar-refractivity contribution in [2.45, 2.75) is 37.0 Å². The maximum Gasteiger partial charge on any atom is 0.164 e. The average molecular weight is 551 g/mol. The number of amidine groups is 1. The van der Waals surface area contributed by atoms with Crippen molar-refractivity contribution in [1.82, 2.24) is 9.97 Å². The summed E-state index contributed by atoms with van der Waals surface area (Å²) in [6.45, 7) is 3.95. The van der Waals surface area contributed by atoms with E-state index in [1.54, 1.807) is 30.2 Å². The second-order valence-electron chi connectivity index (χ2n) is 8.20. The Balaban J connectivity index is 1.59. The number of thioether (sulfide) groups is 1. The van der Waals surface area contributed by atoms with Gasteiger partial charge in [-0.2, -0.15) is 0 Å². The summed E-state index contributed by atoms with van der Waals surface area (Å²) >= 11 is 3.75. The highest BCUT2D eigenvalue weighted by molar-refractivity contribution is 14.1. The van der Waals surface area contributed by atoms with E-state index in [9.17, 15) is 4.39 Å². The predicted molar refractivity (Wildman–Crippen MR) is 130 cm³/mol. The first-order valence-electron chi connectivity index (χ1n) is 9.97. The lowest BCUT2D eigenvalue weighted by Crippen LogP contribution is -2.36. The molecule has 1 saturated carbocycles. The van der Waals surface area contributed by atoms with Gasteiger partial charge in [0, 0.05) is 49.3 Å². The quantitative estimate of drug-likeness (QED) is 0.407. The Morgan fingerprint density at radius 2 is 2.10 bits per heavy atom. The molecule has 3 atom stereocenters. The molecule has 31 heavy (non-hydrogen) atoms. The van der Waals surface area contributed by atoms with Crippen LogP contribution in [0, 0.1) is 21.1 Å². The van der Waals surface area contributed by atoms with Gasteiger partial charge in [0.1, 0.15) is 5.52 Å². The number of hydrogen-bond donors (Lipinski definition) is 2. The molecule has 1 aliphatic heterocycles. The molecule has 1 fully saturated rings. The highest BCUT2D eigenvalue weighted by Crippen LogP contribution is 2.67. The summed E-state index contributed by atoms with van der Waals surface area (Å²) in [5, 5.41) is 4.46. The van der Waals surface area contributed by atoms with E-state index < -0.39 is 17.2 Å². The van der Waals surface area contributed by atoms with Crippen molar-refractivity contribution >= 4 is 61.9 Å². The molecule has 1 aliphatic carbocycles. The number of pyridine rings is 2. The largest absolute Gasteiger partial charge is 0.378 e. The lowest BCUT2D eigenvalue weighted by atomic mass is 9.85. The zero-order valence-electron chi connectivity index (χ0n) is 16.9. The molecule has 2 aliphatic rings. The standard InChI is InChI=1S/C22H20F2IN5S/c1-3-22-9-16(22)21(2,30-20(26)31-22)14-7-13(8-15(23)17(14)24)29-19-18-11(4-5-27-19)6-12(25)10-28-18/h4-8,10,16H,3,9H2,1-2H3,(H2,26,30)(H,27,29)/t16-,21+,22-/m0/s1. The SMILES string of the molecule is CC[C@]12C[C@H]1[C@@](C)(c1cc(Nc3nccc4cc(I)cnc34)cc(F)c1F)N=C(N)S2. The first-order valence-corrected chi connectivity index (χ1v) is 11.9. The van der Waals surface area contributed by atoms with E-state index in [4.69, 9.17) is 5.73 Å². The highest BCUT2D eigenvalue weighted by Gasteiger charge is 2.65. The zero-order valence-corrected chi connectivity index (χ0v) is 19.9. The number of aromatic nitrogens is 2. The van der Waals surface area contributed by atoms with Crippen LogP contribution in [0.1, 0.15) is 32.3 Å². The molecule has 0 unspecified atom stereocenters. The molecule has 3 heterocycles. The topological polar surface area (TPSA) is 76.2 Å². The normalized spacial score (nSPS) is 27.0. The molecular weight excluding hydrogens is 531 g/mol. The molecule has 0 bridgehead atoms. The Hall–Kier alpha value is -2.01. The minimum Gasteiger partial charge on any atom is -0.378 e. The Morgan fingerprint density at radius 3 is 2.87 bits per heavy atom. The molecular formula is C22H20F2IN5S. The third kappa shape index (κ3) is 3.36. The first kappa shape index (κ1) is 20.9. The summed E-state index contributed by atoms with van der Waals surface area (Å²) in [6.07, 6.45) is 5.18. The second kappa shape index (κ2) is 7.26. The van der Waals surface area contributed by atoms with Crippen LogP contribution in [-0.2, 0) is 5.54 Å². The minimum absolute atomic E-state index is 0.0504. The molecule has 0 radical (unpaired) electrons. The smallest absolute Gasteiger partial charge is 0.164 e. The highest BCUT2D eigenvalue weighted by atomic mass is 127. The maximum atomic E-state index is 15.0. The number of nitrogens with two attached hydrogens (primary N) is 1. The van der Waals surface area contributed by atoms with Gasteiger partial charge < -0.3 is 11.1 Å². The van der Waals surface area contributed by atoms with Crippen LogP contribution < -0.4 is 11.1 Å². The summed E-state index contributed by atoms with van der Waals surface area (Å²) in [4.78, 5) is 13.4. The van der Waals surface area contributed by atoms with Crippen molar-refractivity contribution < 1.29 is 8.78 Å². The monoisotopic (exact) mass is 551 g/mol. The Labute approximate surface area is 196 Å². The Morgan fingerprint density at radius 1 is 1.29 bits per heavy atom. The number of nitrogens with zero attached hydrogens (tertiary/aromatic N) is 3. The minimum atomic E-state index is -0.932. The third-order valence-corrected chi connectivity index (χ3v) is 8.39. The number of benzene rings is 1. The Kier molecular flexibility index (Phi) is 4.89. The molecule has 0 saturated heterocycles. The van der Waals surface area contributed by atoms with Gasteiger partial charge in [-0.1, -0.05) is 18.7 Å². The van der Waals surface area contributed by atoms with Gasteiger partial charge in [-0.15, -0.1) is 0 Å². The van der Waals surface area contributed by atoms with Crippen LogP contribution in [0.3, 0.4) is 0 Å². The number of aliphatic imine (C=N–C) groups is 1. The van der Waals surface area contributed by atoms with E-state index in [2.05, 4.69) is 49.8 Å². The van der Waals surface area contributed by atoms with Crippen LogP contribution in [0.15, 0.2) is 41.7 Å². The van der Waals surface area contributed by atoms with Crippen LogP contribution >= 0.6 is 34.4 Å². The summed E-state index contributed by atoms with van der Waals surface area (Å²) in [5.74, 6) is -1.23. The van der Waals surface area contributed by atoms with Gasteiger partial charge in [0.15, 0.2) is 22.6 Å². The second-order valence-corrected chi connectivity index (χ2v) is 10.9. The molecule has 5 rings (SSSR count). The summed E-state index contributed by atoms with van der Waals surface area (Å²) in [6, 6.07) is 6.61. The Bertz CT molecular complexity index is 1250. The number of rotatable bonds is 4. The summed E-state index contributed by atoms with van der Waals surface area (Å²) < 4.78 is 30.7. The van der Waals surface area contributed by atoms with Crippen molar-refractivity contribution in [1.29, 1.82) is 0 Å². The number of nitrogens with one attached hydrogen (secondary N) is 1. The summed E-state index contributed by atoms with van der Waals surface area (Å²) in [5.41, 5.74) is 6.45. The lowest BCUT2D eigenvalue weighted by Gasteiger charge is -2.34. The maximum absolute atomic E-state index is 15.0. The van der Waals surface area contributed by atoms with Gasteiger partial charge in [0.25, 0.3) is 0 Å². The fourth-order valence-electron chi connectivity index (χ4n) is 4.65. The van der Waals surface area contributed by atoms with Crippen LogP contribution in [0.5, 0.6) is 0 Å². The van der Waals surface area contributed by atoms with Gasteiger partial charge in [-0.25, -0.2) is 13.8 Å². The van der Waals surface area contributed by atoms with Crippen molar-refractivity contribution in [2.75, 3.05) is 5.32 Å². The van der Waals surface area contributed by atoms with Crippen LogP contribution in [0.4, 0.5) is 20.3 Å². The van der Waals surface area contributed by atoms with E-state index in [-0.39, 0.29) is 16.2 Å². The molecule has 2 aromatic heterocycles. The molecule has 5 nitrogen and oxygen atoms in total. The van der Waals surface area contributed by atoms with Crippen LogP contribution in [0.2, 0.25) is 0 Å². The molecule has 3 N–H and O–H groups in total. The average Bonchev–Trinajstić information content (AvgIpc) is 3.46. The van der Waals surface area contributed by atoms with Crippen molar-refractivity contribution in [3.63, 3.8) is 0 Å². The first-order chi connectivity index (χ1) is 14.8. The van der Waals surface area contributed by atoms with Crippen molar-refractivity contribution in [3.8, 4) is 0 Å². The molecule has 0 spiro atoms. The fourth-order valence-corrected chi connectivity index (χ4v) is 6.54. The number of fused-ring (bicyclic) bond motifs is 2. The van der Waals surface area contributed by atoms with Crippen molar-refractivity contribution in [3.05, 3.63) is 57.4 Å². The van der Waals surface area contributed by atoms with Gasteiger partial charge in [0.2, 0.25) is 0 Å². The van der Waals surface area contributed by atoms with Gasteiger partial charge >= 0.3 is 0 Å². The zero-order chi connectivity index (χ0) is 22.0.